The number of rotatable bonds is 4. The second-order valence-corrected chi connectivity index (χ2v) is 5.49. The quantitative estimate of drug-likeness (QED) is 0.935. The molecule has 1 aliphatic rings. The summed E-state index contributed by atoms with van der Waals surface area (Å²) >= 11 is 0. The van der Waals surface area contributed by atoms with Crippen molar-refractivity contribution >= 4 is 11.5 Å². The lowest BCUT2D eigenvalue weighted by Gasteiger charge is -2.33. The number of aromatic nitrogens is 2. The smallest absolute Gasteiger partial charge is 0.163 e. The van der Waals surface area contributed by atoms with Gasteiger partial charge in [-0.2, -0.15) is 5.26 Å². The molecule has 0 bridgehead atoms. The summed E-state index contributed by atoms with van der Waals surface area (Å²) < 4.78 is 5.38. The zero-order valence-electron chi connectivity index (χ0n) is 13.1. The van der Waals surface area contributed by atoms with E-state index >= 15 is 0 Å². The molecule has 0 unspecified atom stereocenters. The Labute approximate surface area is 135 Å². The van der Waals surface area contributed by atoms with Gasteiger partial charge >= 0.3 is 0 Å². The Morgan fingerprint density at radius 2 is 1.96 bits per heavy atom. The standard InChI is InChI=1S/C17H19N5O/c1-23-16-5-3-2-4-15(16)19-13-8-10-22(11-9-13)17-7-6-14(12-18)20-21-17/h2-7,13,19H,8-11H2,1H3. The highest BCUT2D eigenvalue weighted by atomic mass is 16.5. The van der Waals surface area contributed by atoms with Crippen molar-refractivity contribution in [2.24, 2.45) is 0 Å². The number of piperidine rings is 1. The first kappa shape index (κ1) is 15.1. The molecule has 0 aliphatic carbocycles. The van der Waals surface area contributed by atoms with E-state index in [1.807, 2.05) is 36.4 Å². The van der Waals surface area contributed by atoms with Gasteiger partial charge in [-0.3, -0.25) is 0 Å². The summed E-state index contributed by atoms with van der Waals surface area (Å²) in [5.41, 5.74) is 1.38. The van der Waals surface area contributed by atoms with E-state index in [2.05, 4.69) is 20.4 Å². The van der Waals surface area contributed by atoms with Gasteiger partial charge < -0.3 is 15.0 Å². The van der Waals surface area contributed by atoms with E-state index in [1.165, 1.54) is 0 Å². The first-order chi connectivity index (χ1) is 11.3. The van der Waals surface area contributed by atoms with Crippen LogP contribution >= 0.6 is 0 Å². The molecule has 2 heterocycles. The van der Waals surface area contributed by atoms with E-state index in [9.17, 15) is 0 Å². The third-order valence-electron chi connectivity index (χ3n) is 4.05. The van der Waals surface area contributed by atoms with Crippen molar-refractivity contribution in [3.63, 3.8) is 0 Å². The minimum Gasteiger partial charge on any atom is -0.495 e. The fourth-order valence-corrected chi connectivity index (χ4v) is 2.79. The molecule has 6 heteroatoms. The van der Waals surface area contributed by atoms with Crippen LogP contribution in [0.3, 0.4) is 0 Å². The number of para-hydroxylation sites is 2. The van der Waals surface area contributed by atoms with Crippen molar-refractivity contribution < 1.29 is 4.74 Å². The molecule has 0 saturated carbocycles. The maximum absolute atomic E-state index is 8.77. The summed E-state index contributed by atoms with van der Waals surface area (Å²) in [5, 5.41) is 20.4. The van der Waals surface area contributed by atoms with Gasteiger partial charge in [0, 0.05) is 19.1 Å². The zero-order valence-corrected chi connectivity index (χ0v) is 13.1. The highest BCUT2D eigenvalue weighted by Crippen LogP contribution is 2.26. The van der Waals surface area contributed by atoms with Crippen LogP contribution in [-0.2, 0) is 0 Å². The van der Waals surface area contributed by atoms with Gasteiger partial charge in [-0.05, 0) is 37.1 Å². The van der Waals surface area contributed by atoms with Crippen LogP contribution in [0, 0.1) is 11.3 Å². The van der Waals surface area contributed by atoms with Gasteiger partial charge in [-0.1, -0.05) is 12.1 Å². The zero-order chi connectivity index (χ0) is 16.1. The summed E-state index contributed by atoms with van der Waals surface area (Å²) in [6.07, 6.45) is 2.03. The Morgan fingerprint density at radius 3 is 2.61 bits per heavy atom. The SMILES string of the molecule is COc1ccccc1NC1CCN(c2ccc(C#N)nn2)CC1. The molecule has 0 amide bonds. The highest BCUT2D eigenvalue weighted by Gasteiger charge is 2.21. The van der Waals surface area contributed by atoms with Crippen molar-refractivity contribution in [1.29, 1.82) is 5.26 Å². The average molecular weight is 309 g/mol. The average Bonchev–Trinajstić information content (AvgIpc) is 2.63. The number of hydrogen-bond donors (Lipinski definition) is 1. The normalized spacial score (nSPS) is 15.0. The van der Waals surface area contributed by atoms with E-state index in [0.717, 1.165) is 43.2 Å². The molecule has 3 rings (SSSR count). The van der Waals surface area contributed by atoms with Crippen LogP contribution in [0.2, 0.25) is 0 Å². The summed E-state index contributed by atoms with van der Waals surface area (Å²) in [4.78, 5) is 2.20. The Kier molecular flexibility index (Phi) is 4.57. The number of nitriles is 1. The molecule has 1 saturated heterocycles. The molecule has 1 fully saturated rings. The van der Waals surface area contributed by atoms with E-state index in [-0.39, 0.29) is 0 Å². The predicted molar refractivity (Wildman–Crippen MR) is 88.6 cm³/mol. The lowest BCUT2D eigenvalue weighted by molar-refractivity contribution is 0.415. The van der Waals surface area contributed by atoms with Crippen molar-refractivity contribution in [3.8, 4) is 11.8 Å². The van der Waals surface area contributed by atoms with E-state index in [4.69, 9.17) is 10.00 Å². The third kappa shape index (κ3) is 3.51. The van der Waals surface area contributed by atoms with E-state index in [0.29, 0.717) is 11.7 Å². The van der Waals surface area contributed by atoms with Crippen LogP contribution in [0.25, 0.3) is 0 Å². The molecule has 6 nitrogen and oxygen atoms in total. The van der Waals surface area contributed by atoms with Crippen molar-refractivity contribution in [2.75, 3.05) is 30.4 Å². The monoisotopic (exact) mass is 309 g/mol. The number of nitrogens with one attached hydrogen (secondary N) is 1. The number of ether oxygens (including phenoxy) is 1. The molecule has 23 heavy (non-hydrogen) atoms. The van der Waals surface area contributed by atoms with Gasteiger partial charge in [-0.15, -0.1) is 10.2 Å². The maximum Gasteiger partial charge on any atom is 0.163 e. The molecular formula is C17H19N5O. The molecule has 0 atom stereocenters. The van der Waals surface area contributed by atoms with Gasteiger partial charge in [0.05, 0.1) is 12.8 Å². The number of hydrogen-bond acceptors (Lipinski definition) is 6. The fourth-order valence-electron chi connectivity index (χ4n) is 2.79. The molecule has 1 aliphatic heterocycles. The van der Waals surface area contributed by atoms with Crippen LogP contribution in [-0.4, -0.2) is 36.4 Å². The molecule has 118 valence electrons. The number of benzene rings is 1. The highest BCUT2D eigenvalue weighted by molar-refractivity contribution is 5.57. The van der Waals surface area contributed by atoms with Crippen LogP contribution in [0.15, 0.2) is 36.4 Å². The molecule has 0 radical (unpaired) electrons. The molecule has 1 aromatic carbocycles. The number of methoxy groups -OCH3 is 1. The molecule has 1 aromatic heterocycles. The fraction of sp³-hybridized carbons (Fsp3) is 0.353. The largest absolute Gasteiger partial charge is 0.495 e. The molecule has 0 spiro atoms. The molecule has 2 aromatic rings. The first-order valence-electron chi connectivity index (χ1n) is 7.68. The van der Waals surface area contributed by atoms with Crippen LogP contribution < -0.4 is 15.0 Å². The van der Waals surface area contributed by atoms with Crippen LogP contribution in [0.1, 0.15) is 18.5 Å². The Morgan fingerprint density at radius 1 is 1.17 bits per heavy atom. The van der Waals surface area contributed by atoms with E-state index in [1.54, 1.807) is 13.2 Å². The summed E-state index contributed by atoms with van der Waals surface area (Å²) in [6.45, 7) is 1.82. The Balaban J connectivity index is 1.59. The van der Waals surface area contributed by atoms with Crippen LogP contribution in [0.5, 0.6) is 5.75 Å². The molecular weight excluding hydrogens is 290 g/mol. The minimum absolute atomic E-state index is 0.349. The minimum atomic E-state index is 0.349. The van der Waals surface area contributed by atoms with Crippen molar-refractivity contribution in [2.45, 2.75) is 18.9 Å². The van der Waals surface area contributed by atoms with Crippen molar-refractivity contribution in [1.82, 2.24) is 10.2 Å². The summed E-state index contributed by atoms with van der Waals surface area (Å²) in [5.74, 6) is 1.70. The van der Waals surface area contributed by atoms with Gasteiger partial charge in [0.1, 0.15) is 11.8 Å². The predicted octanol–water partition coefficient (Wildman–Crippen LogP) is 2.44. The lowest BCUT2D eigenvalue weighted by Crippen LogP contribution is -2.39. The van der Waals surface area contributed by atoms with Crippen molar-refractivity contribution in [3.05, 3.63) is 42.1 Å². The number of anilines is 2. The van der Waals surface area contributed by atoms with Gasteiger partial charge in [-0.25, -0.2) is 0 Å². The van der Waals surface area contributed by atoms with Crippen LogP contribution in [0.4, 0.5) is 11.5 Å². The topological polar surface area (TPSA) is 74.1 Å². The van der Waals surface area contributed by atoms with Gasteiger partial charge in [0.25, 0.3) is 0 Å². The van der Waals surface area contributed by atoms with E-state index < -0.39 is 0 Å². The first-order valence-corrected chi connectivity index (χ1v) is 7.68. The Hall–Kier alpha value is -2.81. The third-order valence-corrected chi connectivity index (χ3v) is 4.05. The summed E-state index contributed by atoms with van der Waals surface area (Å²) in [6, 6.07) is 13.9. The van der Waals surface area contributed by atoms with Gasteiger partial charge in [0.15, 0.2) is 11.5 Å². The second kappa shape index (κ2) is 6.97. The lowest BCUT2D eigenvalue weighted by atomic mass is 10.0. The second-order valence-electron chi connectivity index (χ2n) is 5.49. The maximum atomic E-state index is 8.77. The van der Waals surface area contributed by atoms with Gasteiger partial charge in [0.2, 0.25) is 0 Å². The summed E-state index contributed by atoms with van der Waals surface area (Å²) in [7, 11) is 1.69. The molecule has 1 N–H and O–H groups in total. The Bertz CT molecular complexity index is 687. The number of nitrogens with zero attached hydrogens (tertiary/aromatic N) is 4.